The summed E-state index contributed by atoms with van der Waals surface area (Å²) in [7, 11) is 0. The second-order valence-corrected chi connectivity index (χ2v) is 9.72. The van der Waals surface area contributed by atoms with E-state index < -0.39 is 0 Å². The molecule has 1 aromatic carbocycles. The Morgan fingerprint density at radius 3 is 2.50 bits per heavy atom. The monoisotopic (exact) mass is 443 g/mol. The molecule has 7 heteroatoms. The Hall–Kier alpha value is -2.41. The molecule has 4 atom stereocenters. The van der Waals surface area contributed by atoms with Crippen LogP contribution in [0.2, 0.25) is 0 Å². The highest BCUT2D eigenvalue weighted by atomic mass is 16.3. The van der Waals surface area contributed by atoms with Crippen LogP contribution in [0.25, 0.3) is 0 Å². The second kappa shape index (κ2) is 10.9. The molecule has 2 amide bonds. The average Bonchev–Trinajstić information content (AvgIpc) is 2.75. The fourth-order valence-corrected chi connectivity index (χ4v) is 5.78. The molecule has 0 radical (unpaired) electrons. The normalized spacial score (nSPS) is 27.2. The Balaban J connectivity index is 0.000000913. The summed E-state index contributed by atoms with van der Waals surface area (Å²) in [6.45, 7) is 9.41. The maximum Gasteiger partial charge on any atom is 0.290 e. The predicted octanol–water partition coefficient (Wildman–Crippen LogP) is 2.85. The summed E-state index contributed by atoms with van der Waals surface area (Å²) >= 11 is 0. The molecule has 3 heterocycles. The number of nitrogens with one attached hydrogen (secondary N) is 1. The van der Waals surface area contributed by atoms with E-state index in [2.05, 4.69) is 53.2 Å². The Labute approximate surface area is 191 Å². The van der Waals surface area contributed by atoms with Crippen LogP contribution in [0.5, 0.6) is 0 Å². The molecule has 0 aromatic heterocycles. The molecule has 0 unspecified atom stereocenters. The zero-order valence-corrected chi connectivity index (χ0v) is 19.5. The molecule has 2 N–H and O–H groups in total. The summed E-state index contributed by atoms with van der Waals surface area (Å²) in [5.41, 5.74) is 2.75. The number of amides is 2. The Bertz CT molecular complexity index is 795. The zero-order valence-electron chi connectivity index (χ0n) is 19.5. The van der Waals surface area contributed by atoms with E-state index in [4.69, 9.17) is 9.90 Å². The van der Waals surface area contributed by atoms with E-state index in [0.717, 1.165) is 32.5 Å². The smallest absolute Gasteiger partial charge is 0.290 e. The van der Waals surface area contributed by atoms with Gasteiger partial charge in [0.1, 0.15) is 0 Å². The molecule has 0 spiro atoms. The van der Waals surface area contributed by atoms with Crippen molar-refractivity contribution in [1.29, 1.82) is 0 Å². The van der Waals surface area contributed by atoms with E-state index in [9.17, 15) is 9.59 Å². The highest BCUT2D eigenvalue weighted by molar-refractivity contribution is 5.78. The van der Waals surface area contributed by atoms with Crippen molar-refractivity contribution in [2.75, 3.05) is 19.6 Å². The number of fused-ring (bicyclic) bond motifs is 4. The molecule has 7 nitrogen and oxygen atoms in total. The maximum absolute atomic E-state index is 12.8. The third kappa shape index (κ3) is 5.68. The third-order valence-corrected chi connectivity index (χ3v) is 7.19. The van der Waals surface area contributed by atoms with E-state index in [-0.39, 0.29) is 18.4 Å². The van der Waals surface area contributed by atoms with Gasteiger partial charge in [-0.1, -0.05) is 38.1 Å². The van der Waals surface area contributed by atoms with Crippen LogP contribution in [-0.4, -0.2) is 64.9 Å². The summed E-state index contributed by atoms with van der Waals surface area (Å²) < 4.78 is 0. The van der Waals surface area contributed by atoms with Gasteiger partial charge in [-0.05, 0) is 48.1 Å². The number of nitrogens with zero attached hydrogens (tertiary/aromatic N) is 2. The van der Waals surface area contributed by atoms with Crippen LogP contribution in [0, 0.1) is 11.8 Å². The molecule has 32 heavy (non-hydrogen) atoms. The highest BCUT2D eigenvalue weighted by Gasteiger charge is 2.49. The van der Waals surface area contributed by atoms with E-state index in [1.165, 1.54) is 17.5 Å². The molecule has 3 saturated heterocycles. The summed E-state index contributed by atoms with van der Waals surface area (Å²) in [5.74, 6) is 1.84. The van der Waals surface area contributed by atoms with Crippen LogP contribution in [0.15, 0.2) is 24.3 Å². The largest absolute Gasteiger partial charge is 0.483 e. The van der Waals surface area contributed by atoms with Crippen LogP contribution in [0.3, 0.4) is 0 Å². The van der Waals surface area contributed by atoms with E-state index >= 15 is 0 Å². The first-order valence-corrected chi connectivity index (χ1v) is 11.8. The van der Waals surface area contributed by atoms with Crippen LogP contribution < -0.4 is 5.32 Å². The first-order valence-electron chi connectivity index (χ1n) is 11.8. The predicted molar refractivity (Wildman–Crippen MR) is 123 cm³/mol. The van der Waals surface area contributed by atoms with Crippen molar-refractivity contribution in [3.8, 4) is 0 Å². The van der Waals surface area contributed by atoms with Gasteiger partial charge in [0.25, 0.3) is 6.47 Å². The van der Waals surface area contributed by atoms with Crippen molar-refractivity contribution in [2.45, 2.75) is 71.0 Å². The van der Waals surface area contributed by atoms with Crippen molar-refractivity contribution in [1.82, 2.24) is 15.1 Å². The molecular formula is C25H37N3O4. The van der Waals surface area contributed by atoms with Gasteiger partial charge in [0, 0.05) is 45.6 Å². The van der Waals surface area contributed by atoms with Crippen molar-refractivity contribution in [3.05, 3.63) is 35.4 Å². The molecule has 1 aromatic rings. The minimum Gasteiger partial charge on any atom is -0.483 e. The summed E-state index contributed by atoms with van der Waals surface area (Å²) in [6.07, 6.45) is 3.96. The number of likely N-dealkylation sites (tertiary alicyclic amines) is 1. The minimum atomic E-state index is -0.250. The van der Waals surface area contributed by atoms with E-state index in [0.29, 0.717) is 42.7 Å². The van der Waals surface area contributed by atoms with Crippen molar-refractivity contribution in [3.63, 3.8) is 0 Å². The van der Waals surface area contributed by atoms with Gasteiger partial charge in [-0.3, -0.25) is 19.3 Å². The highest BCUT2D eigenvalue weighted by Crippen LogP contribution is 2.41. The van der Waals surface area contributed by atoms with Gasteiger partial charge in [0.2, 0.25) is 11.8 Å². The first kappa shape index (κ1) is 24.2. The van der Waals surface area contributed by atoms with Crippen molar-refractivity contribution >= 4 is 18.3 Å². The fourth-order valence-electron chi connectivity index (χ4n) is 5.78. The number of rotatable bonds is 5. The molecule has 0 saturated carbocycles. The van der Waals surface area contributed by atoms with Crippen molar-refractivity contribution in [2.24, 2.45) is 11.8 Å². The SMILES string of the molecule is CC(=O)NC[C@H]1[C@H]2C[C@H](CN(Cc3ccc(C(C)C)cc3)C2)[C@@H]2CCCC(=O)N21.O=CO. The lowest BCUT2D eigenvalue weighted by Gasteiger charge is -2.56. The van der Waals surface area contributed by atoms with Crippen LogP contribution in [0.4, 0.5) is 0 Å². The molecule has 176 valence electrons. The van der Waals surface area contributed by atoms with E-state index in [1.54, 1.807) is 6.92 Å². The Morgan fingerprint density at radius 1 is 1.22 bits per heavy atom. The number of carboxylic acid groups (broad SMARTS) is 1. The number of carbonyl (C=O) groups is 3. The number of hydrogen-bond donors (Lipinski definition) is 2. The number of hydrogen-bond acceptors (Lipinski definition) is 4. The molecule has 3 aliphatic heterocycles. The number of benzene rings is 1. The topological polar surface area (TPSA) is 90.0 Å². The van der Waals surface area contributed by atoms with Gasteiger partial charge in [-0.25, -0.2) is 0 Å². The second-order valence-electron chi connectivity index (χ2n) is 9.72. The first-order chi connectivity index (χ1) is 15.3. The van der Waals surface area contributed by atoms with Gasteiger partial charge in [-0.15, -0.1) is 0 Å². The quantitative estimate of drug-likeness (QED) is 0.683. The van der Waals surface area contributed by atoms with Gasteiger partial charge in [0.05, 0.1) is 6.04 Å². The molecule has 0 aliphatic carbocycles. The van der Waals surface area contributed by atoms with Gasteiger partial charge in [0.15, 0.2) is 0 Å². The molecule has 3 aliphatic rings. The lowest BCUT2D eigenvalue weighted by molar-refractivity contribution is -0.153. The molecule has 3 fully saturated rings. The van der Waals surface area contributed by atoms with Crippen LogP contribution in [-0.2, 0) is 20.9 Å². The molecule has 4 rings (SSSR count). The van der Waals surface area contributed by atoms with Gasteiger partial charge in [-0.2, -0.15) is 0 Å². The number of carbonyl (C=O) groups excluding carboxylic acids is 2. The molecular weight excluding hydrogens is 406 g/mol. The maximum atomic E-state index is 12.8. The summed E-state index contributed by atoms with van der Waals surface area (Å²) in [4.78, 5) is 37.4. The number of piperidine rings is 3. The van der Waals surface area contributed by atoms with E-state index in [1.807, 2.05) is 0 Å². The fraction of sp³-hybridized carbons (Fsp3) is 0.640. The third-order valence-electron chi connectivity index (χ3n) is 7.19. The average molecular weight is 444 g/mol. The van der Waals surface area contributed by atoms with Gasteiger partial charge >= 0.3 is 0 Å². The molecule has 2 bridgehead atoms. The van der Waals surface area contributed by atoms with Crippen LogP contribution >= 0.6 is 0 Å². The van der Waals surface area contributed by atoms with Gasteiger partial charge < -0.3 is 15.3 Å². The standard InChI is InChI=1S/C24H35N3O2.CH2O2/c1-16(2)19-9-7-18(8-10-19)13-26-14-20-11-21(15-26)23(12-25-17(3)28)27-22(20)5-4-6-24(27)29;2-1-3/h7-10,16,20-23H,4-6,11-15H2,1-3H3,(H,25,28);1H,(H,2,3)/t20-,21+,22+,23+;/m1./s1. The summed E-state index contributed by atoms with van der Waals surface area (Å²) in [6, 6.07) is 9.53. The van der Waals surface area contributed by atoms with Crippen molar-refractivity contribution < 1.29 is 19.5 Å². The summed E-state index contributed by atoms with van der Waals surface area (Å²) in [5, 5.41) is 9.89. The lowest BCUT2D eigenvalue weighted by atomic mass is 9.72. The Kier molecular flexibility index (Phi) is 8.29. The van der Waals surface area contributed by atoms with Crippen LogP contribution in [0.1, 0.15) is 63.5 Å². The lowest BCUT2D eigenvalue weighted by Crippen LogP contribution is -2.66. The zero-order chi connectivity index (χ0) is 23.3. The minimum absolute atomic E-state index is 0.00830. The Morgan fingerprint density at radius 2 is 1.88 bits per heavy atom.